The molecule has 0 aliphatic carbocycles. The van der Waals surface area contributed by atoms with Crippen molar-refractivity contribution in [2.45, 2.75) is 32.8 Å². The number of aryl methyl sites for hydroxylation is 2. The lowest BCUT2D eigenvalue weighted by atomic mass is 10.1. The van der Waals surface area contributed by atoms with Gasteiger partial charge in [0.1, 0.15) is 0 Å². The number of carbonyl (C=O) groups is 1. The molecule has 1 aliphatic rings. The maximum atomic E-state index is 13.4. The van der Waals surface area contributed by atoms with Gasteiger partial charge in [-0.1, -0.05) is 29.0 Å². The summed E-state index contributed by atoms with van der Waals surface area (Å²) in [6.45, 7) is 5.34. The van der Waals surface area contributed by atoms with Crippen molar-refractivity contribution in [2.24, 2.45) is 0 Å². The normalized spacial score (nSPS) is 16.8. The third-order valence-corrected chi connectivity index (χ3v) is 6.26. The van der Waals surface area contributed by atoms with Crippen molar-refractivity contribution in [2.75, 3.05) is 18.1 Å². The van der Waals surface area contributed by atoms with Gasteiger partial charge in [-0.05, 0) is 68.1 Å². The number of hydrogen-bond acceptors (Lipinski definition) is 4. The monoisotopic (exact) mass is 400 g/mol. The van der Waals surface area contributed by atoms with Crippen molar-refractivity contribution in [1.29, 1.82) is 0 Å². The summed E-state index contributed by atoms with van der Waals surface area (Å²) in [7, 11) is 0. The smallest absolute Gasteiger partial charge is 0.260 e. The molecule has 1 aliphatic heterocycles. The van der Waals surface area contributed by atoms with E-state index in [1.165, 1.54) is 16.9 Å². The molecule has 1 fully saturated rings. The third-order valence-electron chi connectivity index (χ3n) is 4.98. The number of aromatic nitrogens is 1. The van der Waals surface area contributed by atoms with Gasteiger partial charge in [-0.3, -0.25) is 9.69 Å². The van der Waals surface area contributed by atoms with Crippen LogP contribution in [0.15, 0.2) is 36.4 Å². The molecule has 2 heterocycles. The van der Waals surface area contributed by atoms with Crippen LogP contribution in [0.2, 0.25) is 5.02 Å². The second-order valence-corrected chi connectivity index (χ2v) is 8.40. The predicted molar refractivity (Wildman–Crippen MR) is 111 cm³/mol. The first kappa shape index (κ1) is 18.4. The molecule has 0 bridgehead atoms. The summed E-state index contributed by atoms with van der Waals surface area (Å²) in [5.41, 5.74) is 3.80. The van der Waals surface area contributed by atoms with Crippen molar-refractivity contribution >= 4 is 44.2 Å². The van der Waals surface area contributed by atoms with E-state index in [1.54, 1.807) is 4.90 Å². The summed E-state index contributed by atoms with van der Waals surface area (Å²) in [4.78, 5) is 19.8. The first-order valence-corrected chi connectivity index (χ1v) is 10.3. The highest BCUT2D eigenvalue weighted by Gasteiger charge is 2.27. The van der Waals surface area contributed by atoms with E-state index in [0.717, 1.165) is 35.2 Å². The van der Waals surface area contributed by atoms with Gasteiger partial charge in [0.25, 0.3) is 5.91 Å². The fraction of sp³-hybridized carbons (Fsp3) is 0.333. The zero-order valence-corrected chi connectivity index (χ0v) is 16.9. The second kappa shape index (κ2) is 7.58. The molecular weight excluding hydrogens is 380 g/mol. The number of ether oxygens (including phenoxy) is 1. The lowest BCUT2D eigenvalue weighted by Crippen LogP contribution is -2.37. The quantitative estimate of drug-likeness (QED) is 0.589. The van der Waals surface area contributed by atoms with E-state index in [9.17, 15) is 4.79 Å². The van der Waals surface area contributed by atoms with Gasteiger partial charge >= 0.3 is 0 Å². The molecule has 4 rings (SSSR count). The highest BCUT2D eigenvalue weighted by atomic mass is 35.5. The van der Waals surface area contributed by atoms with Crippen LogP contribution >= 0.6 is 22.9 Å². The van der Waals surface area contributed by atoms with Crippen LogP contribution in [0, 0.1) is 13.8 Å². The lowest BCUT2D eigenvalue weighted by molar-refractivity contribution is 0.0917. The van der Waals surface area contributed by atoms with Crippen LogP contribution in [-0.2, 0) is 4.74 Å². The largest absolute Gasteiger partial charge is 0.376 e. The molecule has 2 aromatic carbocycles. The highest BCUT2D eigenvalue weighted by Crippen LogP contribution is 2.32. The Morgan fingerprint density at radius 1 is 1.26 bits per heavy atom. The summed E-state index contributed by atoms with van der Waals surface area (Å²) < 4.78 is 6.76. The zero-order chi connectivity index (χ0) is 19.0. The van der Waals surface area contributed by atoms with Gasteiger partial charge in [-0.2, -0.15) is 0 Å². The molecular formula is C21H21ClN2O2S. The summed E-state index contributed by atoms with van der Waals surface area (Å²) in [5.74, 6) is -0.0428. The zero-order valence-electron chi connectivity index (χ0n) is 15.4. The molecule has 3 aromatic rings. The molecule has 0 N–H and O–H groups in total. The minimum atomic E-state index is -0.0428. The number of amides is 1. The van der Waals surface area contributed by atoms with Crippen molar-refractivity contribution in [3.05, 3.63) is 58.1 Å². The number of fused-ring (bicyclic) bond motifs is 1. The Morgan fingerprint density at radius 2 is 2.11 bits per heavy atom. The summed E-state index contributed by atoms with van der Waals surface area (Å²) >= 11 is 7.60. The van der Waals surface area contributed by atoms with Gasteiger partial charge in [-0.25, -0.2) is 4.98 Å². The number of hydrogen-bond donors (Lipinski definition) is 0. The van der Waals surface area contributed by atoms with Crippen LogP contribution in [0.3, 0.4) is 0 Å². The molecule has 0 radical (unpaired) electrons. The Morgan fingerprint density at radius 3 is 2.85 bits per heavy atom. The van der Waals surface area contributed by atoms with Crippen molar-refractivity contribution in [3.63, 3.8) is 0 Å². The van der Waals surface area contributed by atoms with E-state index in [-0.39, 0.29) is 12.0 Å². The van der Waals surface area contributed by atoms with Gasteiger partial charge in [0.15, 0.2) is 5.13 Å². The third kappa shape index (κ3) is 3.86. The van der Waals surface area contributed by atoms with Gasteiger partial charge in [0.05, 0.1) is 22.9 Å². The molecule has 1 unspecified atom stereocenters. The first-order chi connectivity index (χ1) is 13.0. The molecule has 0 spiro atoms. The van der Waals surface area contributed by atoms with E-state index in [0.29, 0.717) is 22.3 Å². The Labute approximate surface area is 167 Å². The number of benzene rings is 2. The average molecular weight is 401 g/mol. The Balaban J connectivity index is 1.72. The summed E-state index contributed by atoms with van der Waals surface area (Å²) in [6.07, 6.45) is 2.05. The van der Waals surface area contributed by atoms with Crippen LogP contribution < -0.4 is 4.90 Å². The Bertz CT molecular complexity index is 995. The number of nitrogens with zero attached hydrogens (tertiary/aromatic N) is 2. The maximum Gasteiger partial charge on any atom is 0.260 e. The maximum absolute atomic E-state index is 13.4. The molecule has 27 heavy (non-hydrogen) atoms. The van der Waals surface area contributed by atoms with Crippen LogP contribution in [0.5, 0.6) is 0 Å². The number of halogens is 1. The number of carbonyl (C=O) groups excluding carboxylic acids is 1. The lowest BCUT2D eigenvalue weighted by Gasteiger charge is -2.23. The van der Waals surface area contributed by atoms with E-state index in [1.807, 2.05) is 50.2 Å². The standard InChI is InChI=1S/C21H21ClN2O2S/c1-13-5-6-15(10-14(13)2)20(25)24(12-17-4-3-9-26-17)21-23-18-8-7-16(22)11-19(18)27-21/h5-8,10-11,17H,3-4,9,12H2,1-2H3. The minimum absolute atomic E-state index is 0.0428. The van der Waals surface area contributed by atoms with Crippen LogP contribution in [0.1, 0.15) is 34.3 Å². The van der Waals surface area contributed by atoms with Gasteiger partial charge in [0.2, 0.25) is 0 Å². The van der Waals surface area contributed by atoms with Gasteiger partial charge in [-0.15, -0.1) is 0 Å². The summed E-state index contributed by atoms with van der Waals surface area (Å²) in [6, 6.07) is 11.4. The number of anilines is 1. The van der Waals surface area contributed by atoms with Gasteiger partial charge in [0, 0.05) is 17.2 Å². The molecule has 0 saturated carbocycles. The average Bonchev–Trinajstić information content (AvgIpc) is 3.30. The molecule has 4 nitrogen and oxygen atoms in total. The highest BCUT2D eigenvalue weighted by molar-refractivity contribution is 7.22. The molecule has 1 amide bonds. The van der Waals surface area contributed by atoms with Crippen molar-refractivity contribution in [3.8, 4) is 0 Å². The Kier molecular flexibility index (Phi) is 5.17. The molecule has 1 saturated heterocycles. The van der Waals surface area contributed by atoms with Crippen molar-refractivity contribution in [1.82, 2.24) is 4.98 Å². The number of thiazole rings is 1. The summed E-state index contributed by atoms with van der Waals surface area (Å²) in [5, 5.41) is 1.36. The minimum Gasteiger partial charge on any atom is -0.376 e. The SMILES string of the molecule is Cc1ccc(C(=O)N(CC2CCCO2)c2nc3ccc(Cl)cc3s2)cc1C. The topological polar surface area (TPSA) is 42.4 Å². The van der Waals surface area contributed by atoms with E-state index < -0.39 is 0 Å². The number of rotatable bonds is 4. The molecule has 1 atom stereocenters. The van der Waals surface area contributed by atoms with Crippen molar-refractivity contribution < 1.29 is 9.53 Å². The van der Waals surface area contributed by atoms with Gasteiger partial charge < -0.3 is 4.74 Å². The predicted octanol–water partition coefficient (Wildman–Crippen LogP) is 5.39. The second-order valence-electron chi connectivity index (χ2n) is 6.96. The van der Waals surface area contributed by atoms with Crippen LogP contribution in [-0.4, -0.2) is 30.1 Å². The van der Waals surface area contributed by atoms with E-state index >= 15 is 0 Å². The molecule has 140 valence electrons. The molecule has 6 heteroatoms. The van der Waals surface area contributed by atoms with E-state index in [2.05, 4.69) is 0 Å². The van der Waals surface area contributed by atoms with Crippen LogP contribution in [0.4, 0.5) is 5.13 Å². The molecule has 1 aromatic heterocycles. The van der Waals surface area contributed by atoms with E-state index in [4.69, 9.17) is 21.3 Å². The van der Waals surface area contributed by atoms with Crippen LogP contribution in [0.25, 0.3) is 10.2 Å². The fourth-order valence-corrected chi connectivity index (χ4v) is 4.52. The fourth-order valence-electron chi connectivity index (χ4n) is 3.27. The first-order valence-electron chi connectivity index (χ1n) is 9.08. The Hall–Kier alpha value is -1.95.